The Hall–Kier alpha value is -3.15. The Balaban J connectivity index is 1.28. The fourth-order valence-corrected chi connectivity index (χ4v) is 7.32. The Labute approximate surface area is 200 Å². The summed E-state index contributed by atoms with van der Waals surface area (Å²) >= 11 is 0. The number of carbonyl (C=O) groups excluding carboxylic acids is 3. The summed E-state index contributed by atoms with van der Waals surface area (Å²) in [7, 11) is 0. The zero-order chi connectivity index (χ0) is 23.6. The Morgan fingerprint density at radius 1 is 0.941 bits per heavy atom. The summed E-state index contributed by atoms with van der Waals surface area (Å²) in [5.41, 5.74) is 2.80. The van der Waals surface area contributed by atoms with Crippen LogP contribution in [0.3, 0.4) is 0 Å². The molecule has 6 nitrogen and oxygen atoms in total. The largest absolute Gasteiger partial charge is 0.351 e. The molecule has 34 heavy (non-hydrogen) atoms. The summed E-state index contributed by atoms with van der Waals surface area (Å²) in [4.78, 5) is 39.5. The topological polar surface area (TPSA) is 71.4 Å². The lowest BCUT2D eigenvalue weighted by molar-refractivity contribution is -0.122. The van der Waals surface area contributed by atoms with Crippen LogP contribution in [0.15, 0.2) is 48.3 Å². The number of carbonyl (C=O) groups is 3. The molecule has 2 heterocycles. The monoisotopic (exact) mass is 457 g/mol. The summed E-state index contributed by atoms with van der Waals surface area (Å²) in [5, 5.41) is 2.33. The van der Waals surface area contributed by atoms with E-state index in [4.69, 9.17) is 0 Å². The van der Waals surface area contributed by atoms with Crippen LogP contribution >= 0.6 is 0 Å². The standard InChI is InChI=1S/C28H31N3O3/c1-17(2)30-8-7-18(16-30)12-24-25(32)29-27(34)31(26(24)33)23-5-3-22(4-6-23)28-13-19-9-20(14-28)11-21(10-19)15-28/h3-8,12,16-17,19-21H,9-11,13-15H2,1-2H3,(H,29,32,34)/b24-12-. The van der Waals surface area contributed by atoms with Crippen LogP contribution in [0.5, 0.6) is 0 Å². The Bertz CT molecular complexity index is 1170. The first kappa shape index (κ1) is 21.4. The average molecular weight is 458 g/mol. The number of rotatable bonds is 4. The summed E-state index contributed by atoms with van der Waals surface area (Å²) in [6.07, 6.45) is 13.3. The molecule has 4 aliphatic carbocycles. The van der Waals surface area contributed by atoms with Crippen molar-refractivity contribution in [3.8, 4) is 0 Å². The van der Waals surface area contributed by atoms with Gasteiger partial charge in [0.2, 0.25) is 0 Å². The van der Waals surface area contributed by atoms with Crippen LogP contribution in [0, 0.1) is 17.8 Å². The summed E-state index contributed by atoms with van der Waals surface area (Å²) < 4.78 is 2.00. The molecule has 0 radical (unpaired) electrons. The van der Waals surface area contributed by atoms with Gasteiger partial charge in [-0.2, -0.15) is 0 Å². The van der Waals surface area contributed by atoms with E-state index in [0.717, 1.165) is 28.2 Å². The molecule has 0 atom stereocenters. The molecule has 7 rings (SSSR count). The number of nitrogens with one attached hydrogen (secondary N) is 1. The zero-order valence-electron chi connectivity index (χ0n) is 19.8. The highest BCUT2D eigenvalue weighted by atomic mass is 16.2. The molecule has 6 heteroatoms. The molecule has 0 spiro atoms. The van der Waals surface area contributed by atoms with Crippen molar-refractivity contribution in [1.82, 2.24) is 9.88 Å². The predicted octanol–water partition coefficient (Wildman–Crippen LogP) is 5.20. The van der Waals surface area contributed by atoms with Crippen molar-refractivity contribution in [3.05, 3.63) is 59.4 Å². The third-order valence-electron chi connectivity index (χ3n) is 8.52. The first-order valence-electron chi connectivity index (χ1n) is 12.5. The third kappa shape index (κ3) is 3.42. The van der Waals surface area contributed by atoms with E-state index in [1.165, 1.54) is 44.1 Å². The van der Waals surface area contributed by atoms with Crippen molar-refractivity contribution < 1.29 is 14.4 Å². The van der Waals surface area contributed by atoms with Gasteiger partial charge in [0, 0.05) is 18.4 Å². The second-order valence-corrected chi connectivity index (χ2v) is 11.2. The maximum atomic E-state index is 13.3. The molecule has 4 saturated carbocycles. The molecular formula is C28H31N3O3. The van der Waals surface area contributed by atoms with E-state index in [-0.39, 0.29) is 17.0 Å². The molecule has 4 bridgehead atoms. The van der Waals surface area contributed by atoms with Gasteiger partial charge in [0.1, 0.15) is 5.57 Å². The second kappa shape index (κ2) is 7.69. The van der Waals surface area contributed by atoms with Gasteiger partial charge in [-0.15, -0.1) is 0 Å². The number of imide groups is 2. The van der Waals surface area contributed by atoms with Gasteiger partial charge in [-0.25, -0.2) is 9.69 Å². The van der Waals surface area contributed by atoms with E-state index < -0.39 is 17.8 Å². The van der Waals surface area contributed by atoms with Crippen molar-refractivity contribution in [2.24, 2.45) is 17.8 Å². The van der Waals surface area contributed by atoms with Gasteiger partial charge >= 0.3 is 6.03 Å². The first-order chi connectivity index (χ1) is 16.3. The molecule has 4 amide bonds. The summed E-state index contributed by atoms with van der Waals surface area (Å²) in [6, 6.07) is 9.37. The lowest BCUT2D eigenvalue weighted by Gasteiger charge is -2.57. The minimum atomic E-state index is -0.700. The summed E-state index contributed by atoms with van der Waals surface area (Å²) in [5.74, 6) is 1.31. The van der Waals surface area contributed by atoms with Crippen molar-refractivity contribution >= 4 is 29.6 Å². The fourth-order valence-electron chi connectivity index (χ4n) is 7.32. The van der Waals surface area contributed by atoms with E-state index in [2.05, 4.69) is 31.3 Å². The number of hydrogen-bond donors (Lipinski definition) is 1. The Kier molecular flexibility index (Phi) is 4.84. The highest BCUT2D eigenvalue weighted by Crippen LogP contribution is 2.60. The third-order valence-corrected chi connectivity index (χ3v) is 8.52. The highest BCUT2D eigenvalue weighted by Gasteiger charge is 2.51. The zero-order valence-corrected chi connectivity index (χ0v) is 19.8. The maximum Gasteiger partial charge on any atom is 0.335 e. The second-order valence-electron chi connectivity index (χ2n) is 11.2. The number of barbiturate groups is 1. The van der Waals surface area contributed by atoms with Gasteiger partial charge in [-0.05, 0) is 111 Å². The van der Waals surface area contributed by atoms with Crippen LogP contribution in [0.2, 0.25) is 0 Å². The van der Waals surface area contributed by atoms with Crippen LogP contribution in [0.4, 0.5) is 10.5 Å². The quantitative estimate of drug-likeness (QED) is 0.506. The van der Waals surface area contributed by atoms with Crippen molar-refractivity contribution in [3.63, 3.8) is 0 Å². The Morgan fingerprint density at radius 2 is 1.56 bits per heavy atom. The smallest absolute Gasteiger partial charge is 0.335 e. The number of anilines is 1. The van der Waals surface area contributed by atoms with Crippen LogP contribution in [-0.2, 0) is 15.0 Å². The molecule has 1 saturated heterocycles. The molecule has 1 aromatic heterocycles. The molecule has 1 aliphatic heterocycles. The molecule has 0 unspecified atom stereocenters. The van der Waals surface area contributed by atoms with E-state index >= 15 is 0 Å². The van der Waals surface area contributed by atoms with Gasteiger partial charge in [0.15, 0.2) is 0 Å². The lowest BCUT2D eigenvalue weighted by atomic mass is 9.48. The molecule has 2 aromatic rings. The SMILES string of the molecule is CC(C)n1ccc(/C=C2/C(=O)NC(=O)N(c3ccc(C45CC6CC(CC(C6)C4)C5)cc3)C2=O)c1. The van der Waals surface area contributed by atoms with Crippen LogP contribution in [0.25, 0.3) is 6.08 Å². The van der Waals surface area contributed by atoms with Crippen LogP contribution in [-0.4, -0.2) is 22.4 Å². The summed E-state index contributed by atoms with van der Waals surface area (Å²) in [6.45, 7) is 4.12. The number of aromatic nitrogens is 1. The number of hydrogen-bond acceptors (Lipinski definition) is 3. The van der Waals surface area contributed by atoms with Gasteiger partial charge < -0.3 is 4.57 Å². The van der Waals surface area contributed by atoms with Gasteiger partial charge in [-0.3, -0.25) is 14.9 Å². The van der Waals surface area contributed by atoms with Crippen molar-refractivity contribution in [2.75, 3.05) is 4.90 Å². The molecular weight excluding hydrogens is 426 g/mol. The van der Waals surface area contributed by atoms with E-state index in [1.807, 2.05) is 35.2 Å². The molecule has 5 fully saturated rings. The number of benzene rings is 1. The Morgan fingerprint density at radius 3 is 2.12 bits per heavy atom. The first-order valence-corrected chi connectivity index (χ1v) is 12.5. The fraction of sp³-hybridized carbons (Fsp3) is 0.464. The van der Waals surface area contributed by atoms with Gasteiger partial charge in [-0.1, -0.05) is 12.1 Å². The van der Waals surface area contributed by atoms with Crippen molar-refractivity contribution in [1.29, 1.82) is 0 Å². The average Bonchev–Trinajstić information content (AvgIpc) is 3.25. The number of urea groups is 1. The van der Waals surface area contributed by atoms with E-state index in [0.29, 0.717) is 5.69 Å². The molecule has 1 aromatic carbocycles. The van der Waals surface area contributed by atoms with Gasteiger partial charge in [0.05, 0.1) is 5.69 Å². The maximum absolute atomic E-state index is 13.3. The number of amides is 4. The minimum absolute atomic E-state index is 0.0359. The highest BCUT2D eigenvalue weighted by molar-refractivity contribution is 6.39. The minimum Gasteiger partial charge on any atom is -0.351 e. The number of nitrogens with zero attached hydrogens (tertiary/aromatic N) is 2. The van der Waals surface area contributed by atoms with Crippen molar-refractivity contribution in [2.45, 2.75) is 63.8 Å². The predicted molar refractivity (Wildman–Crippen MR) is 130 cm³/mol. The normalized spacial score (nSPS) is 31.6. The van der Waals surface area contributed by atoms with E-state index in [1.54, 1.807) is 6.08 Å². The van der Waals surface area contributed by atoms with E-state index in [9.17, 15) is 14.4 Å². The van der Waals surface area contributed by atoms with Gasteiger partial charge in [0.25, 0.3) is 11.8 Å². The lowest BCUT2D eigenvalue weighted by Crippen LogP contribution is -2.54. The molecule has 5 aliphatic rings. The molecule has 1 N–H and O–H groups in total. The molecule has 176 valence electrons. The van der Waals surface area contributed by atoms with Crippen LogP contribution in [0.1, 0.15) is 69.5 Å². The van der Waals surface area contributed by atoms with Crippen LogP contribution < -0.4 is 10.2 Å².